The molecular weight excluding hydrogens is 542 g/mol. The van der Waals surface area contributed by atoms with Crippen LogP contribution in [0.5, 0.6) is 0 Å². The van der Waals surface area contributed by atoms with E-state index in [1.54, 1.807) is 0 Å². The third-order valence-electron chi connectivity index (χ3n) is 8.12. The third-order valence-corrected chi connectivity index (χ3v) is 8.12. The van der Waals surface area contributed by atoms with Crippen molar-refractivity contribution >= 4 is 43.7 Å². The van der Waals surface area contributed by atoms with Gasteiger partial charge in [-0.2, -0.15) is 0 Å². The molecule has 44 heavy (non-hydrogen) atoms. The van der Waals surface area contributed by atoms with Gasteiger partial charge in [0.1, 0.15) is 16.7 Å². The molecule has 0 spiro atoms. The number of hydrogen-bond acceptors (Lipinski definition) is 5. The molecule has 0 radical (unpaired) electrons. The van der Waals surface area contributed by atoms with Gasteiger partial charge in [0.2, 0.25) is 0 Å². The maximum atomic E-state index is 6.20. The third kappa shape index (κ3) is 4.14. The Hall–Kier alpha value is -6.07. The van der Waals surface area contributed by atoms with Gasteiger partial charge in [0.15, 0.2) is 23.2 Å². The highest BCUT2D eigenvalue weighted by atomic mass is 16.3. The summed E-state index contributed by atoms with van der Waals surface area (Å²) in [6.07, 6.45) is 0. The van der Waals surface area contributed by atoms with Crippen molar-refractivity contribution < 1.29 is 8.83 Å². The predicted molar refractivity (Wildman–Crippen MR) is 176 cm³/mol. The highest BCUT2D eigenvalue weighted by Crippen LogP contribution is 2.34. The minimum Gasteiger partial charge on any atom is -0.456 e. The van der Waals surface area contributed by atoms with E-state index in [1.807, 2.05) is 66.7 Å². The number of fused-ring (bicyclic) bond motifs is 5. The quantitative estimate of drug-likeness (QED) is 0.212. The molecule has 3 heterocycles. The lowest BCUT2D eigenvalue weighted by Crippen LogP contribution is -1.99. The second-order valence-electron chi connectivity index (χ2n) is 10.9. The van der Waals surface area contributed by atoms with E-state index in [1.165, 1.54) is 11.1 Å². The van der Waals surface area contributed by atoms with Crippen LogP contribution in [0.25, 0.3) is 89.2 Å². The molecular formula is C39H23N3O2. The number of rotatable bonds is 4. The van der Waals surface area contributed by atoms with E-state index in [2.05, 4.69) is 72.8 Å². The van der Waals surface area contributed by atoms with Crippen molar-refractivity contribution in [2.45, 2.75) is 0 Å². The van der Waals surface area contributed by atoms with Crippen LogP contribution < -0.4 is 0 Å². The normalized spacial score (nSPS) is 11.6. The number of aromatic nitrogens is 3. The molecule has 0 unspecified atom stereocenters. The van der Waals surface area contributed by atoms with Crippen LogP contribution in [0.2, 0.25) is 0 Å². The molecule has 0 atom stereocenters. The molecule has 0 saturated carbocycles. The van der Waals surface area contributed by atoms with E-state index in [4.69, 9.17) is 23.8 Å². The highest BCUT2D eigenvalue weighted by Gasteiger charge is 2.17. The lowest BCUT2D eigenvalue weighted by Gasteiger charge is -2.09. The van der Waals surface area contributed by atoms with Gasteiger partial charge in [-0.05, 0) is 64.4 Å². The van der Waals surface area contributed by atoms with E-state index in [0.29, 0.717) is 23.2 Å². The fourth-order valence-electron chi connectivity index (χ4n) is 5.90. The van der Waals surface area contributed by atoms with Crippen LogP contribution >= 0.6 is 0 Å². The van der Waals surface area contributed by atoms with Gasteiger partial charge < -0.3 is 8.83 Å². The Morgan fingerprint density at radius 1 is 0.341 bits per heavy atom. The second-order valence-corrected chi connectivity index (χ2v) is 10.9. The summed E-state index contributed by atoms with van der Waals surface area (Å²) in [5, 5.41) is 5.39. The van der Waals surface area contributed by atoms with Crippen molar-refractivity contribution in [2.24, 2.45) is 0 Å². The summed E-state index contributed by atoms with van der Waals surface area (Å²) < 4.78 is 12.4. The zero-order valence-corrected chi connectivity index (χ0v) is 23.4. The monoisotopic (exact) mass is 565 g/mol. The van der Waals surface area contributed by atoms with Crippen LogP contribution in [-0.2, 0) is 0 Å². The molecule has 0 fully saturated rings. The largest absolute Gasteiger partial charge is 0.456 e. The van der Waals surface area contributed by atoms with E-state index in [0.717, 1.165) is 54.8 Å². The van der Waals surface area contributed by atoms with Gasteiger partial charge in [-0.1, -0.05) is 97.1 Å². The first-order chi connectivity index (χ1) is 21.7. The SMILES string of the molecule is c1ccc(-c2ccc3cc(-c4nc(-c5ccc6c(c5)oc5ccccc56)nc(-c5cc6ccccc6o5)n4)ccc3c2)cc1. The first-order valence-electron chi connectivity index (χ1n) is 14.5. The standard InChI is InChI=1S/C39H23N3O2/c1-2-8-24(9-3-1)25-14-15-27-21-29(17-16-26(27)20-25)37-40-38(42-39(41-37)36-22-28-10-4-6-12-33(28)43-36)30-18-19-32-31-11-5-7-13-34(31)44-35(32)23-30/h1-23H. The molecule has 0 saturated heterocycles. The zero-order valence-electron chi connectivity index (χ0n) is 23.4. The van der Waals surface area contributed by atoms with Gasteiger partial charge in [-0.25, -0.2) is 15.0 Å². The first-order valence-corrected chi connectivity index (χ1v) is 14.5. The van der Waals surface area contributed by atoms with Gasteiger partial charge in [0.05, 0.1) is 0 Å². The average molecular weight is 566 g/mol. The molecule has 0 N–H and O–H groups in total. The minimum absolute atomic E-state index is 0.477. The molecule has 5 heteroatoms. The molecule has 9 aromatic rings. The fourth-order valence-corrected chi connectivity index (χ4v) is 5.90. The first kappa shape index (κ1) is 24.5. The van der Waals surface area contributed by atoms with Gasteiger partial charge >= 0.3 is 0 Å². The topological polar surface area (TPSA) is 65.0 Å². The number of nitrogens with zero attached hydrogens (tertiary/aromatic N) is 3. The molecule has 0 aliphatic carbocycles. The summed E-state index contributed by atoms with van der Waals surface area (Å²) in [6.45, 7) is 0. The van der Waals surface area contributed by atoms with Gasteiger partial charge in [0.25, 0.3) is 0 Å². The molecule has 6 aromatic carbocycles. The van der Waals surface area contributed by atoms with Crippen LogP contribution in [0.3, 0.4) is 0 Å². The molecule has 9 rings (SSSR count). The summed E-state index contributed by atoms with van der Waals surface area (Å²) >= 11 is 0. The number of benzene rings is 6. The molecule has 3 aromatic heterocycles. The van der Waals surface area contributed by atoms with Crippen molar-refractivity contribution in [2.75, 3.05) is 0 Å². The fraction of sp³-hybridized carbons (Fsp3) is 0. The Morgan fingerprint density at radius 2 is 0.955 bits per heavy atom. The average Bonchev–Trinajstić information content (AvgIpc) is 3.69. The Morgan fingerprint density at radius 3 is 1.77 bits per heavy atom. The zero-order chi connectivity index (χ0) is 29.0. The summed E-state index contributed by atoms with van der Waals surface area (Å²) in [5.74, 6) is 2.19. The Labute approximate surface area is 252 Å². The molecule has 0 aliphatic heterocycles. The Balaban J connectivity index is 1.20. The molecule has 0 amide bonds. The van der Waals surface area contributed by atoms with E-state index < -0.39 is 0 Å². The van der Waals surface area contributed by atoms with Crippen LogP contribution in [0.1, 0.15) is 0 Å². The lowest BCUT2D eigenvalue weighted by molar-refractivity contribution is 0.625. The summed E-state index contributed by atoms with van der Waals surface area (Å²) in [5.41, 5.74) is 6.54. The van der Waals surface area contributed by atoms with Crippen molar-refractivity contribution in [3.63, 3.8) is 0 Å². The Kier molecular flexibility index (Phi) is 5.43. The molecule has 5 nitrogen and oxygen atoms in total. The van der Waals surface area contributed by atoms with Crippen LogP contribution in [0.4, 0.5) is 0 Å². The van der Waals surface area contributed by atoms with Gasteiger partial charge in [0, 0.05) is 27.3 Å². The van der Waals surface area contributed by atoms with Crippen LogP contribution in [0, 0.1) is 0 Å². The Bertz CT molecular complexity index is 2480. The molecule has 206 valence electrons. The minimum atomic E-state index is 0.477. The number of hydrogen-bond donors (Lipinski definition) is 0. The van der Waals surface area contributed by atoms with Crippen molar-refractivity contribution in [1.29, 1.82) is 0 Å². The van der Waals surface area contributed by atoms with Gasteiger partial charge in [-0.15, -0.1) is 0 Å². The maximum Gasteiger partial charge on any atom is 0.199 e. The van der Waals surface area contributed by atoms with Crippen LogP contribution in [-0.4, -0.2) is 15.0 Å². The number of para-hydroxylation sites is 2. The van der Waals surface area contributed by atoms with Crippen LogP contribution in [0.15, 0.2) is 148 Å². The van der Waals surface area contributed by atoms with Crippen molar-refractivity contribution in [1.82, 2.24) is 15.0 Å². The lowest BCUT2D eigenvalue weighted by atomic mass is 10.00. The maximum absolute atomic E-state index is 6.20. The van der Waals surface area contributed by atoms with E-state index in [9.17, 15) is 0 Å². The van der Waals surface area contributed by atoms with Gasteiger partial charge in [-0.3, -0.25) is 0 Å². The van der Waals surface area contributed by atoms with Crippen molar-refractivity contribution in [3.8, 4) is 45.5 Å². The predicted octanol–water partition coefficient (Wildman–Crippen LogP) is 10.3. The van der Waals surface area contributed by atoms with E-state index in [-0.39, 0.29) is 0 Å². The van der Waals surface area contributed by atoms with E-state index >= 15 is 0 Å². The van der Waals surface area contributed by atoms with Crippen molar-refractivity contribution in [3.05, 3.63) is 140 Å². The molecule has 0 aliphatic rings. The summed E-state index contributed by atoms with van der Waals surface area (Å²) in [4.78, 5) is 14.8. The highest BCUT2D eigenvalue weighted by molar-refractivity contribution is 6.05. The second kappa shape index (κ2) is 9.75. The summed E-state index contributed by atoms with van der Waals surface area (Å²) in [7, 11) is 0. The smallest absolute Gasteiger partial charge is 0.199 e. The number of furan rings is 2. The molecule has 0 bridgehead atoms. The summed E-state index contributed by atoms with van der Waals surface area (Å²) in [6, 6.07) is 47.3.